The number of hydrogen-bond acceptors (Lipinski definition) is 1. The summed E-state index contributed by atoms with van der Waals surface area (Å²) in [5.41, 5.74) is 1.48. The summed E-state index contributed by atoms with van der Waals surface area (Å²) < 4.78 is 13.1. The first-order chi connectivity index (χ1) is 6.79. The van der Waals surface area contributed by atoms with Crippen LogP contribution in [0.3, 0.4) is 0 Å². The van der Waals surface area contributed by atoms with Crippen LogP contribution in [0.15, 0.2) is 42.7 Å². The average Bonchev–Trinajstić information content (AvgIpc) is 2.23. The summed E-state index contributed by atoms with van der Waals surface area (Å²) in [5, 5.41) is 0.139. The van der Waals surface area contributed by atoms with Gasteiger partial charge in [0, 0.05) is 23.5 Å². The van der Waals surface area contributed by atoms with Crippen LogP contribution in [-0.4, -0.2) is 4.98 Å². The fraction of sp³-hybridized carbons (Fsp3) is 0. The van der Waals surface area contributed by atoms with Crippen molar-refractivity contribution in [1.29, 1.82) is 0 Å². The van der Waals surface area contributed by atoms with Crippen molar-refractivity contribution in [2.45, 2.75) is 0 Å². The minimum absolute atomic E-state index is 0.139. The molecule has 3 heteroatoms. The predicted molar refractivity (Wildman–Crippen MR) is 54.6 cm³/mol. The predicted octanol–water partition coefficient (Wildman–Crippen LogP) is 3.54. The maximum Gasteiger partial charge on any atom is 0.142 e. The van der Waals surface area contributed by atoms with E-state index in [0.717, 1.165) is 5.56 Å². The van der Waals surface area contributed by atoms with Crippen molar-refractivity contribution in [3.63, 3.8) is 0 Å². The van der Waals surface area contributed by atoms with Gasteiger partial charge < -0.3 is 0 Å². The van der Waals surface area contributed by atoms with Crippen LogP contribution in [0.2, 0.25) is 5.02 Å². The summed E-state index contributed by atoms with van der Waals surface area (Å²) in [7, 11) is 0. The van der Waals surface area contributed by atoms with Crippen molar-refractivity contribution >= 4 is 11.6 Å². The molecule has 0 radical (unpaired) electrons. The van der Waals surface area contributed by atoms with Crippen molar-refractivity contribution < 1.29 is 4.39 Å². The number of hydrogen-bond donors (Lipinski definition) is 0. The topological polar surface area (TPSA) is 12.9 Å². The molecule has 2 aromatic rings. The second-order valence-electron chi connectivity index (χ2n) is 2.84. The number of aromatic nitrogens is 1. The van der Waals surface area contributed by atoms with E-state index in [1.807, 2.05) is 6.07 Å². The van der Waals surface area contributed by atoms with Crippen molar-refractivity contribution in [3.8, 4) is 11.1 Å². The van der Waals surface area contributed by atoms with E-state index < -0.39 is 5.82 Å². The van der Waals surface area contributed by atoms with Gasteiger partial charge in [-0.05, 0) is 12.1 Å². The normalized spacial score (nSPS) is 10.1. The Morgan fingerprint density at radius 3 is 2.71 bits per heavy atom. The van der Waals surface area contributed by atoms with E-state index in [0.29, 0.717) is 5.56 Å². The Morgan fingerprint density at radius 2 is 2.00 bits per heavy atom. The molecule has 70 valence electrons. The minimum atomic E-state index is -0.409. The van der Waals surface area contributed by atoms with Gasteiger partial charge in [0.05, 0.1) is 5.02 Å². The average molecular weight is 208 g/mol. The molecule has 0 N–H and O–H groups in total. The highest BCUT2D eigenvalue weighted by atomic mass is 35.5. The maximum absolute atomic E-state index is 13.1. The lowest BCUT2D eigenvalue weighted by Gasteiger charge is -2.03. The van der Waals surface area contributed by atoms with Crippen molar-refractivity contribution in [1.82, 2.24) is 4.98 Å². The van der Waals surface area contributed by atoms with E-state index in [1.54, 1.807) is 30.6 Å². The van der Waals surface area contributed by atoms with Crippen LogP contribution in [0.25, 0.3) is 11.1 Å². The molecule has 14 heavy (non-hydrogen) atoms. The zero-order chi connectivity index (χ0) is 9.97. The fourth-order valence-electron chi connectivity index (χ4n) is 1.25. The Balaban J connectivity index is 2.58. The van der Waals surface area contributed by atoms with Gasteiger partial charge in [0.1, 0.15) is 5.82 Å². The standard InChI is InChI=1S/C11H7ClFN/c12-11-9(4-1-5-10(11)13)8-3-2-6-14-7-8/h1-7H. The van der Waals surface area contributed by atoms with Crippen LogP contribution < -0.4 is 0 Å². The summed E-state index contributed by atoms with van der Waals surface area (Å²) in [6.45, 7) is 0. The number of halogens is 2. The van der Waals surface area contributed by atoms with Crippen molar-refractivity contribution in [2.24, 2.45) is 0 Å². The summed E-state index contributed by atoms with van der Waals surface area (Å²) in [6, 6.07) is 8.36. The molecule has 0 saturated carbocycles. The molecular weight excluding hydrogens is 201 g/mol. The molecule has 0 fully saturated rings. The van der Waals surface area contributed by atoms with Gasteiger partial charge in [-0.15, -0.1) is 0 Å². The second-order valence-corrected chi connectivity index (χ2v) is 3.22. The first-order valence-electron chi connectivity index (χ1n) is 4.13. The molecule has 0 saturated heterocycles. The van der Waals surface area contributed by atoms with E-state index in [9.17, 15) is 4.39 Å². The first kappa shape index (κ1) is 9.16. The Bertz CT molecular complexity index is 442. The monoisotopic (exact) mass is 207 g/mol. The lowest BCUT2D eigenvalue weighted by atomic mass is 10.1. The molecule has 2 rings (SSSR count). The van der Waals surface area contributed by atoms with Gasteiger partial charge in [0.25, 0.3) is 0 Å². The molecule has 0 bridgehead atoms. The van der Waals surface area contributed by atoms with Gasteiger partial charge in [-0.2, -0.15) is 0 Å². The van der Waals surface area contributed by atoms with E-state index in [4.69, 9.17) is 11.6 Å². The van der Waals surface area contributed by atoms with Crippen LogP contribution >= 0.6 is 11.6 Å². The largest absolute Gasteiger partial charge is 0.264 e. The summed E-state index contributed by atoms with van der Waals surface area (Å²) >= 11 is 5.82. The van der Waals surface area contributed by atoms with E-state index in [1.165, 1.54) is 6.07 Å². The second kappa shape index (κ2) is 3.76. The van der Waals surface area contributed by atoms with Crippen LogP contribution in [-0.2, 0) is 0 Å². The zero-order valence-corrected chi connectivity index (χ0v) is 8.00. The summed E-state index contributed by atoms with van der Waals surface area (Å²) in [6.07, 6.45) is 3.32. The van der Waals surface area contributed by atoms with E-state index in [2.05, 4.69) is 4.98 Å². The Morgan fingerprint density at radius 1 is 1.14 bits per heavy atom. The first-order valence-corrected chi connectivity index (χ1v) is 4.51. The van der Waals surface area contributed by atoms with Gasteiger partial charge in [0.2, 0.25) is 0 Å². The number of pyridine rings is 1. The quantitative estimate of drug-likeness (QED) is 0.697. The number of rotatable bonds is 1. The SMILES string of the molecule is Fc1cccc(-c2cccnc2)c1Cl. The van der Waals surface area contributed by atoms with Gasteiger partial charge in [0.15, 0.2) is 0 Å². The minimum Gasteiger partial charge on any atom is -0.264 e. The van der Waals surface area contributed by atoms with Crippen LogP contribution in [0.1, 0.15) is 0 Å². The van der Waals surface area contributed by atoms with Crippen LogP contribution in [0.5, 0.6) is 0 Å². The highest BCUT2D eigenvalue weighted by molar-refractivity contribution is 6.33. The zero-order valence-electron chi connectivity index (χ0n) is 7.24. The molecular formula is C11H7ClFN. The third-order valence-electron chi connectivity index (χ3n) is 1.92. The molecule has 0 atom stereocenters. The highest BCUT2D eigenvalue weighted by Gasteiger charge is 2.06. The molecule has 0 amide bonds. The van der Waals surface area contributed by atoms with E-state index >= 15 is 0 Å². The van der Waals surface area contributed by atoms with Crippen LogP contribution in [0, 0.1) is 5.82 Å². The lowest BCUT2D eigenvalue weighted by molar-refractivity contribution is 0.629. The molecule has 0 unspecified atom stereocenters. The number of benzene rings is 1. The third kappa shape index (κ3) is 1.61. The molecule has 1 aromatic carbocycles. The van der Waals surface area contributed by atoms with Crippen LogP contribution in [0.4, 0.5) is 4.39 Å². The van der Waals surface area contributed by atoms with Crippen molar-refractivity contribution in [3.05, 3.63) is 53.6 Å². The molecule has 0 spiro atoms. The third-order valence-corrected chi connectivity index (χ3v) is 2.31. The van der Waals surface area contributed by atoms with Gasteiger partial charge in [-0.1, -0.05) is 29.8 Å². The summed E-state index contributed by atoms with van der Waals surface area (Å²) in [4.78, 5) is 3.95. The number of nitrogens with zero attached hydrogens (tertiary/aromatic N) is 1. The summed E-state index contributed by atoms with van der Waals surface area (Å²) in [5.74, 6) is -0.409. The van der Waals surface area contributed by atoms with Crippen molar-refractivity contribution in [2.75, 3.05) is 0 Å². The van der Waals surface area contributed by atoms with Gasteiger partial charge >= 0.3 is 0 Å². The molecule has 1 heterocycles. The van der Waals surface area contributed by atoms with Gasteiger partial charge in [-0.3, -0.25) is 4.98 Å². The maximum atomic E-state index is 13.1. The molecule has 0 aliphatic carbocycles. The fourth-order valence-corrected chi connectivity index (χ4v) is 1.48. The molecule has 1 nitrogen and oxygen atoms in total. The Hall–Kier alpha value is -1.41. The Kier molecular flexibility index (Phi) is 2.46. The highest BCUT2D eigenvalue weighted by Crippen LogP contribution is 2.28. The molecule has 0 aliphatic heterocycles. The van der Waals surface area contributed by atoms with E-state index in [-0.39, 0.29) is 5.02 Å². The molecule has 1 aromatic heterocycles. The van der Waals surface area contributed by atoms with Gasteiger partial charge in [-0.25, -0.2) is 4.39 Å². The Labute approximate surface area is 86.2 Å². The lowest BCUT2D eigenvalue weighted by Crippen LogP contribution is -1.83. The smallest absolute Gasteiger partial charge is 0.142 e. The molecule has 0 aliphatic rings.